The van der Waals surface area contributed by atoms with Crippen LogP contribution in [0.15, 0.2) is 18.5 Å². The zero-order valence-electron chi connectivity index (χ0n) is 17.3. The summed E-state index contributed by atoms with van der Waals surface area (Å²) >= 11 is 0. The first kappa shape index (κ1) is 17.9. The van der Waals surface area contributed by atoms with Crippen molar-refractivity contribution in [2.24, 2.45) is 17.8 Å². The highest BCUT2D eigenvalue weighted by atomic mass is 16.5. The first-order valence-corrected chi connectivity index (χ1v) is 11.3. The molecule has 6 heteroatoms. The molecule has 3 atom stereocenters. The average Bonchev–Trinajstić information content (AvgIpc) is 3.58. The Morgan fingerprint density at radius 2 is 1.90 bits per heavy atom. The van der Waals surface area contributed by atoms with Gasteiger partial charge in [-0.25, -0.2) is 9.97 Å². The highest BCUT2D eigenvalue weighted by Crippen LogP contribution is 2.57. The standard InChI is InChI=1S/C23H31N5O/c1-14-8-16(10-25-23(14)24)20-13-28(21(26-20)9-15-2-3-15)22-18-11-27(12-19(18)22)17-4-6-29-7-5-17/h8,10,13,15,17-19,22H,2-7,9,11-12H2,1H3,(H2,24,25)/t18-,19+,22?. The fourth-order valence-corrected chi connectivity index (χ4v) is 5.57. The van der Waals surface area contributed by atoms with Crippen molar-refractivity contribution in [2.45, 2.75) is 51.1 Å². The number of ether oxygens (including phenoxy) is 1. The van der Waals surface area contributed by atoms with Crippen LogP contribution in [0, 0.1) is 24.7 Å². The molecule has 2 aromatic rings. The summed E-state index contributed by atoms with van der Waals surface area (Å²) in [6.45, 7) is 6.39. The van der Waals surface area contributed by atoms with Crippen LogP contribution in [0.5, 0.6) is 0 Å². The lowest BCUT2D eigenvalue weighted by Gasteiger charge is -2.32. The maximum atomic E-state index is 5.92. The molecule has 154 valence electrons. The number of nitrogens with zero attached hydrogens (tertiary/aromatic N) is 4. The number of hydrogen-bond acceptors (Lipinski definition) is 5. The minimum atomic E-state index is 0.608. The molecule has 29 heavy (non-hydrogen) atoms. The van der Waals surface area contributed by atoms with Crippen LogP contribution < -0.4 is 5.73 Å². The van der Waals surface area contributed by atoms with Gasteiger partial charge in [-0.2, -0.15) is 0 Å². The number of fused-ring (bicyclic) bond motifs is 1. The summed E-state index contributed by atoms with van der Waals surface area (Å²) < 4.78 is 8.09. The van der Waals surface area contributed by atoms with Gasteiger partial charge in [0, 0.05) is 62.8 Å². The van der Waals surface area contributed by atoms with Gasteiger partial charge in [0.15, 0.2) is 0 Å². The van der Waals surface area contributed by atoms with Crippen molar-refractivity contribution < 1.29 is 4.74 Å². The predicted molar refractivity (Wildman–Crippen MR) is 112 cm³/mol. The second-order valence-corrected chi connectivity index (χ2v) is 9.64. The molecule has 4 aliphatic rings. The van der Waals surface area contributed by atoms with E-state index in [0.29, 0.717) is 11.9 Å². The van der Waals surface area contributed by atoms with E-state index < -0.39 is 0 Å². The van der Waals surface area contributed by atoms with Gasteiger partial charge in [-0.05, 0) is 62.0 Å². The molecule has 2 aliphatic heterocycles. The summed E-state index contributed by atoms with van der Waals surface area (Å²) in [5.74, 6) is 4.33. The largest absolute Gasteiger partial charge is 0.383 e. The number of pyridine rings is 1. The molecule has 2 saturated carbocycles. The highest BCUT2D eigenvalue weighted by molar-refractivity contribution is 5.61. The van der Waals surface area contributed by atoms with Gasteiger partial charge < -0.3 is 15.0 Å². The van der Waals surface area contributed by atoms with Gasteiger partial charge in [0.1, 0.15) is 11.6 Å². The van der Waals surface area contributed by atoms with Gasteiger partial charge in [0.05, 0.1) is 5.69 Å². The summed E-state index contributed by atoms with van der Waals surface area (Å²) in [5, 5.41) is 0. The van der Waals surface area contributed by atoms with Gasteiger partial charge in [-0.1, -0.05) is 0 Å². The van der Waals surface area contributed by atoms with E-state index >= 15 is 0 Å². The second-order valence-electron chi connectivity index (χ2n) is 9.64. The quantitative estimate of drug-likeness (QED) is 0.845. The number of nitrogens with two attached hydrogens (primary N) is 1. The molecular formula is C23H31N5O. The first-order chi connectivity index (χ1) is 14.2. The number of rotatable bonds is 5. The number of aromatic nitrogens is 3. The molecule has 6 nitrogen and oxygen atoms in total. The number of nitrogen functional groups attached to an aromatic ring is 1. The minimum absolute atomic E-state index is 0.608. The van der Waals surface area contributed by atoms with Crippen molar-refractivity contribution in [3.05, 3.63) is 29.8 Å². The number of aryl methyl sites for hydroxylation is 1. The summed E-state index contributed by atoms with van der Waals surface area (Å²) in [6, 6.07) is 3.51. The molecule has 2 N–H and O–H groups in total. The molecule has 4 heterocycles. The Labute approximate surface area is 172 Å². The van der Waals surface area contributed by atoms with Crippen LogP contribution in [-0.4, -0.2) is 51.8 Å². The summed E-state index contributed by atoms with van der Waals surface area (Å²) in [7, 11) is 0. The lowest BCUT2D eigenvalue weighted by molar-refractivity contribution is 0.0370. The Balaban J connectivity index is 1.23. The molecule has 0 amide bonds. The summed E-state index contributed by atoms with van der Waals surface area (Å²) in [6.07, 6.45) is 10.4. The molecule has 0 bridgehead atoms. The van der Waals surface area contributed by atoms with Crippen LogP contribution >= 0.6 is 0 Å². The van der Waals surface area contributed by atoms with Crippen LogP contribution in [0.25, 0.3) is 11.3 Å². The van der Waals surface area contributed by atoms with E-state index in [-0.39, 0.29) is 0 Å². The third kappa shape index (κ3) is 3.26. The van der Waals surface area contributed by atoms with Gasteiger partial charge in [0.2, 0.25) is 0 Å². The van der Waals surface area contributed by atoms with E-state index in [9.17, 15) is 0 Å². The molecule has 0 aromatic carbocycles. The molecular weight excluding hydrogens is 362 g/mol. The summed E-state index contributed by atoms with van der Waals surface area (Å²) in [5.41, 5.74) is 9.09. The Morgan fingerprint density at radius 3 is 2.59 bits per heavy atom. The van der Waals surface area contributed by atoms with Crippen LogP contribution in [-0.2, 0) is 11.2 Å². The van der Waals surface area contributed by atoms with Crippen molar-refractivity contribution >= 4 is 5.82 Å². The Morgan fingerprint density at radius 1 is 1.14 bits per heavy atom. The molecule has 4 fully saturated rings. The van der Waals surface area contributed by atoms with Crippen LogP contribution in [0.2, 0.25) is 0 Å². The van der Waals surface area contributed by atoms with Gasteiger partial charge in [0.25, 0.3) is 0 Å². The Kier molecular flexibility index (Phi) is 4.20. The lowest BCUT2D eigenvalue weighted by atomic mass is 10.1. The molecule has 2 saturated heterocycles. The topological polar surface area (TPSA) is 69.2 Å². The molecule has 1 unspecified atom stereocenters. The number of imidazole rings is 1. The van der Waals surface area contributed by atoms with Crippen LogP contribution in [0.3, 0.4) is 0 Å². The van der Waals surface area contributed by atoms with Gasteiger partial charge in [-0.15, -0.1) is 0 Å². The van der Waals surface area contributed by atoms with Crippen molar-refractivity contribution in [1.29, 1.82) is 0 Å². The van der Waals surface area contributed by atoms with E-state index in [2.05, 4.69) is 26.7 Å². The van der Waals surface area contributed by atoms with Gasteiger partial charge in [-0.3, -0.25) is 4.90 Å². The zero-order chi connectivity index (χ0) is 19.5. The maximum absolute atomic E-state index is 5.92. The van der Waals surface area contributed by atoms with Crippen molar-refractivity contribution in [3.63, 3.8) is 0 Å². The van der Waals surface area contributed by atoms with E-state index in [0.717, 1.165) is 60.3 Å². The van der Waals surface area contributed by atoms with E-state index in [1.807, 2.05) is 13.1 Å². The van der Waals surface area contributed by atoms with E-state index in [1.54, 1.807) is 0 Å². The normalized spacial score (nSPS) is 29.9. The minimum Gasteiger partial charge on any atom is -0.383 e. The fraction of sp³-hybridized carbons (Fsp3) is 0.652. The first-order valence-electron chi connectivity index (χ1n) is 11.3. The van der Waals surface area contributed by atoms with Crippen molar-refractivity contribution in [1.82, 2.24) is 19.4 Å². The number of piperidine rings is 1. The Hall–Kier alpha value is -1.92. The summed E-state index contributed by atoms with van der Waals surface area (Å²) in [4.78, 5) is 12.2. The Bertz CT molecular complexity index is 902. The molecule has 2 aliphatic carbocycles. The van der Waals surface area contributed by atoms with E-state index in [1.165, 1.54) is 44.6 Å². The van der Waals surface area contributed by atoms with E-state index in [4.69, 9.17) is 15.5 Å². The second kappa shape index (κ2) is 6.81. The molecule has 2 aromatic heterocycles. The van der Waals surface area contributed by atoms with Crippen molar-refractivity contribution in [2.75, 3.05) is 32.0 Å². The molecule has 0 radical (unpaired) electrons. The third-order valence-corrected chi connectivity index (χ3v) is 7.60. The molecule has 6 rings (SSSR count). The predicted octanol–water partition coefficient (Wildman–Crippen LogP) is 3.07. The number of anilines is 1. The SMILES string of the molecule is Cc1cc(-c2cn(C3[C@H]4CN(C5CCOCC5)C[C@@H]34)c(CC3CC3)n2)cnc1N. The smallest absolute Gasteiger partial charge is 0.126 e. The third-order valence-electron chi connectivity index (χ3n) is 7.60. The van der Waals surface area contributed by atoms with Crippen LogP contribution in [0.4, 0.5) is 5.82 Å². The number of likely N-dealkylation sites (tertiary alicyclic amines) is 1. The highest BCUT2D eigenvalue weighted by Gasteiger charge is 2.58. The molecule has 0 spiro atoms. The van der Waals surface area contributed by atoms with Gasteiger partial charge >= 0.3 is 0 Å². The fourth-order valence-electron chi connectivity index (χ4n) is 5.57. The zero-order valence-corrected chi connectivity index (χ0v) is 17.3. The maximum Gasteiger partial charge on any atom is 0.126 e. The van der Waals surface area contributed by atoms with Crippen molar-refractivity contribution in [3.8, 4) is 11.3 Å². The monoisotopic (exact) mass is 393 g/mol. The lowest BCUT2D eigenvalue weighted by Crippen LogP contribution is -2.39. The average molecular weight is 394 g/mol. The number of hydrogen-bond donors (Lipinski definition) is 1. The van der Waals surface area contributed by atoms with Crippen LogP contribution in [0.1, 0.15) is 43.1 Å².